The number of hydrogen-bond acceptors (Lipinski definition) is 14. The molecule has 3 aliphatic heterocycles. The minimum atomic E-state index is -4.50. The fraction of sp³-hybridized carbons (Fsp3) is 0.741. The number of unbranched alkanes of at least 4 members (excludes halogenated alkanes) is 1. The molecule has 0 saturated carbocycles. The number of ether oxygens (including phenoxy) is 1. The number of carbonyl (C=O) groups is 2. The predicted molar refractivity (Wildman–Crippen MR) is 171 cm³/mol. The second-order valence-corrected chi connectivity index (χ2v) is 14.2. The van der Waals surface area contributed by atoms with Gasteiger partial charge in [-0.2, -0.15) is 20.2 Å². The second-order valence-electron chi connectivity index (χ2n) is 11.5. The highest BCUT2D eigenvalue weighted by Crippen LogP contribution is 2.40. The van der Waals surface area contributed by atoms with Crippen LogP contribution in [0, 0.1) is 0 Å². The SMILES string of the molecule is CCN(CC)CC.C[C@@]1(O)[C@H](O)[C@@H](COS(=O)(=O)NC(=O)CCCC[C@@H]2SC[C@@H]3NC(=O)N[C@@H]32)O[C@H]1n1cnc2c(N)ncnc21. The van der Waals surface area contributed by atoms with Crippen molar-refractivity contribution >= 4 is 51.0 Å². The van der Waals surface area contributed by atoms with E-state index in [1.807, 2.05) is 4.72 Å². The van der Waals surface area contributed by atoms with Crippen LogP contribution in [0.15, 0.2) is 12.7 Å². The molecule has 7 N–H and O–H groups in total. The number of imidazole rings is 1. The molecule has 0 aliphatic carbocycles. The molecular formula is C27H45N9O8S2. The first-order chi connectivity index (χ1) is 21.8. The molecule has 258 valence electrons. The van der Waals surface area contributed by atoms with Crippen LogP contribution in [-0.2, 0) is 24.0 Å². The molecule has 3 aliphatic rings. The van der Waals surface area contributed by atoms with Crippen LogP contribution in [-0.4, -0.2) is 122 Å². The maximum Gasteiger partial charge on any atom is 0.362 e. The molecule has 3 amide bonds. The molecule has 0 bridgehead atoms. The zero-order valence-electron chi connectivity index (χ0n) is 26.5. The maximum absolute atomic E-state index is 12.3. The Kier molecular flexibility index (Phi) is 12.1. The van der Waals surface area contributed by atoms with Gasteiger partial charge in [0.05, 0.1) is 25.0 Å². The molecule has 3 fully saturated rings. The van der Waals surface area contributed by atoms with Crippen LogP contribution in [0.1, 0.15) is 59.6 Å². The molecule has 0 spiro atoms. The molecule has 0 unspecified atom stereocenters. The van der Waals surface area contributed by atoms with E-state index in [2.05, 4.69) is 51.3 Å². The summed E-state index contributed by atoms with van der Waals surface area (Å²) in [5.74, 6) is 0.216. The molecule has 5 rings (SSSR count). The van der Waals surface area contributed by atoms with E-state index >= 15 is 0 Å². The molecule has 7 atom stereocenters. The van der Waals surface area contributed by atoms with Gasteiger partial charge in [0.25, 0.3) is 0 Å². The Bertz CT molecular complexity index is 1450. The Morgan fingerprint density at radius 1 is 1.24 bits per heavy atom. The Morgan fingerprint density at radius 3 is 2.63 bits per heavy atom. The summed E-state index contributed by atoms with van der Waals surface area (Å²) in [7, 11) is -4.50. The van der Waals surface area contributed by atoms with Crippen molar-refractivity contribution in [2.24, 2.45) is 0 Å². The normalized spacial score (nSPS) is 28.9. The fourth-order valence-corrected chi connectivity index (χ4v) is 8.04. The number of nitrogens with two attached hydrogens (primary N) is 1. The average Bonchev–Trinajstić information content (AvgIpc) is 3.75. The maximum atomic E-state index is 12.3. The van der Waals surface area contributed by atoms with Crippen molar-refractivity contribution in [2.75, 3.05) is 37.7 Å². The van der Waals surface area contributed by atoms with Crippen LogP contribution in [0.4, 0.5) is 10.6 Å². The zero-order chi connectivity index (χ0) is 33.6. The molecule has 5 heterocycles. The summed E-state index contributed by atoms with van der Waals surface area (Å²) in [6, 6.07) is 0.0218. The van der Waals surface area contributed by atoms with Gasteiger partial charge in [0.2, 0.25) is 5.91 Å². The summed E-state index contributed by atoms with van der Waals surface area (Å²) >= 11 is 1.76. The van der Waals surface area contributed by atoms with Crippen molar-refractivity contribution in [1.82, 2.24) is 39.8 Å². The monoisotopic (exact) mass is 687 g/mol. The number of aliphatic hydroxyl groups excluding tert-OH is 1. The van der Waals surface area contributed by atoms with Gasteiger partial charge in [-0.15, -0.1) is 0 Å². The van der Waals surface area contributed by atoms with E-state index in [1.165, 1.54) is 43.8 Å². The lowest BCUT2D eigenvalue weighted by atomic mass is 9.96. The van der Waals surface area contributed by atoms with Gasteiger partial charge in [-0.1, -0.05) is 27.2 Å². The third-order valence-corrected chi connectivity index (χ3v) is 10.9. The third kappa shape index (κ3) is 8.36. The van der Waals surface area contributed by atoms with Gasteiger partial charge in [0.15, 0.2) is 17.7 Å². The van der Waals surface area contributed by atoms with E-state index in [0.29, 0.717) is 12.8 Å². The number of aliphatic hydroxyl groups is 2. The van der Waals surface area contributed by atoms with Gasteiger partial charge in [-0.05, 0) is 39.4 Å². The molecule has 2 aromatic rings. The van der Waals surface area contributed by atoms with Crippen molar-refractivity contribution in [3.63, 3.8) is 0 Å². The molecule has 46 heavy (non-hydrogen) atoms. The Hall–Kier alpha value is -2.81. The van der Waals surface area contributed by atoms with E-state index in [9.17, 15) is 28.2 Å². The number of carbonyl (C=O) groups excluding carboxylic acids is 2. The van der Waals surface area contributed by atoms with E-state index in [1.54, 1.807) is 11.8 Å². The largest absolute Gasteiger partial charge is 0.387 e. The fourth-order valence-electron chi connectivity index (χ4n) is 5.74. The first kappa shape index (κ1) is 36.0. The number of nitrogens with zero attached hydrogens (tertiary/aromatic N) is 5. The molecule has 17 nitrogen and oxygen atoms in total. The number of nitrogens with one attached hydrogen (secondary N) is 3. The number of aromatic nitrogens is 4. The first-order valence-corrected chi connectivity index (χ1v) is 17.9. The number of rotatable bonds is 13. The van der Waals surface area contributed by atoms with Gasteiger partial charge in [0.1, 0.15) is 29.7 Å². The lowest BCUT2D eigenvalue weighted by Crippen LogP contribution is -2.45. The molecule has 3 saturated heterocycles. The third-order valence-electron chi connectivity index (χ3n) is 8.44. The van der Waals surface area contributed by atoms with Crippen molar-refractivity contribution in [1.29, 1.82) is 0 Å². The van der Waals surface area contributed by atoms with Crippen molar-refractivity contribution in [3.8, 4) is 0 Å². The van der Waals surface area contributed by atoms with Crippen molar-refractivity contribution in [2.45, 2.75) is 94.7 Å². The molecule has 0 aromatic carbocycles. The molecule has 0 radical (unpaired) electrons. The van der Waals surface area contributed by atoms with Crippen LogP contribution < -0.4 is 21.1 Å². The number of urea groups is 1. The Labute approximate surface area is 272 Å². The molecule has 19 heteroatoms. The Balaban J connectivity index is 0.000000617. The van der Waals surface area contributed by atoms with Gasteiger partial charge in [-0.25, -0.2) is 24.5 Å². The number of thioether (sulfide) groups is 1. The highest BCUT2D eigenvalue weighted by Gasteiger charge is 2.54. The summed E-state index contributed by atoms with van der Waals surface area (Å²) in [4.78, 5) is 38.1. The molecule has 2 aromatic heterocycles. The van der Waals surface area contributed by atoms with Gasteiger partial charge in [-0.3, -0.25) is 13.5 Å². The summed E-state index contributed by atoms with van der Waals surface area (Å²) in [5.41, 5.74) is 4.44. The van der Waals surface area contributed by atoms with E-state index in [0.717, 1.165) is 12.2 Å². The summed E-state index contributed by atoms with van der Waals surface area (Å²) in [6.07, 6.45) is 0.420. The van der Waals surface area contributed by atoms with Crippen LogP contribution >= 0.6 is 11.8 Å². The zero-order valence-corrected chi connectivity index (χ0v) is 28.1. The Morgan fingerprint density at radius 2 is 1.96 bits per heavy atom. The number of nitrogen functional groups attached to an aromatic ring is 1. The van der Waals surface area contributed by atoms with Crippen LogP contribution in [0.3, 0.4) is 0 Å². The molecular weight excluding hydrogens is 642 g/mol. The minimum Gasteiger partial charge on any atom is -0.387 e. The standard InChI is InChI=1S/C21H30N8O8S2.C6H15N/c1-21(33)16(31)11(37-19(21)29-9-25-15-17(22)23-8-24-18(15)29)6-36-39(34,35)28-13(30)5-3-2-4-12-14-10(7-38-12)26-20(32)27-14;1-4-7(5-2)6-3/h8-12,14,16,19,31,33H,2-7H2,1H3,(H,28,30)(H2,22,23,24)(H2,26,27,32);4-6H2,1-3H3/t10-,11+,12-,14-,16+,19+,21+;/m0./s1. The van der Waals surface area contributed by atoms with E-state index < -0.39 is 46.9 Å². The second kappa shape index (κ2) is 15.4. The first-order valence-electron chi connectivity index (χ1n) is 15.4. The predicted octanol–water partition coefficient (Wildman–Crippen LogP) is -0.131. The summed E-state index contributed by atoms with van der Waals surface area (Å²) in [5, 5.41) is 27.6. The number of amides is 3. The van der Waals surface area contributed by atoms with E-state index in [4.69, 9.17) is 14.7 Å². The summed E-state index contributed by atoms with van der Waals surface area (Å²) in [6.45, 7) is 10.8. The van der Waals surface area contributed by atoms with Crippen LogP contribution in [0.25, 0.3) is 11.2 Å². The quantitative estimate of drug-likeness (QED) is 0.119. The van der Waals surface area contributed by atoms with Gasteiger partial charge < -0.3 is 36.2 Å². The van der Waals surface area contributed by atoms with Gasteiger partial charge in [0, 0.05) is 17.4 Å². The van der Waals surface area contributed by atoms with Gasteiger partial charge >= 0.3 is 16.3 Å². The number of hydrogen-bond donors (Lipinski definition) is 6. The van der Waals surface area contributed by atoms with Crippen molar-refractivity contribution < 1.29 is 37.1 Å². The topological polar surface area (TPSA) is 236 Å². The van der Waals surface area contributed by atoms with Crippen LogP contribution in [0.5, 0.6) is 0 Å². The summed E-state index contributed by atoms with van der Waals surface area (Å²) < 4.78 is 38.5. The highest BCUT2D eigenvalue weighted by atomic mass is 32.2. The smallest absolute Gasteiger partial charge is 0.362 e. The lowest BCUT2D eigenvalue weighted by molar-refractivity contribution is -0.119. The van der Waals surface area contributed by atoms with E-state index in [-0.39, 0.29) is 46.8 Å². The lowest BCUT2D eigenvalue weighted by Gasteiger charge is -2.27. The number of anilines is 1. The minimum absolute atomic E-state index is 0.0310. The number of fused-ring (bicyclic) bond motifs is 2. The highest BCUT2D eigenvalue weighted by molar-refractivity contribution is 8.00. The average molecular weight is 688 g/mol. The van der Waals surface area contributed by atoms with Crippen molar-refractivity contribution in [3.05, 3.63) is 12.7 Å². The van der Waals surface area contributed by atoms with Crippen LogP contribution in [0.2, 0.25) is 0 Å².